The summed E-state index contributed by atoms with van der Waals surface area (Å²) >= 11 is 0. The summed E-state index contributed by atoms with van der Waals surface area (Å²) in [4.78, 5) is 23.5. The average molecular weight is 651 g/mol. The predicted molar refractivity (Wildman–Crippen MR) is 187 cm³/mol. The molecule has 1 aromatic rings. The molecule has 2 unspecified atom stereocenters. The predicted octanol–water partition coefficient (Wildman–Crippen LogP) is 7.98. The van der Waals surface area contributed by atoms with E-state index in [4.69, 9.17) is 22.3 Å². The van der Waals surface area contributed by atoms with E-state index in [2.05, 4.69) is 43.9 Å². The Hall–Kier alpha value is -3.02. The van der Waals surface area contributed by atoms with E-state index in [1.54, 1.807) is 7.11 Å². The lowest BCUT2D eigenvalue weighted by atomic mass is 9.50. The number of carbonyl (C=O) groups excluding carboxylic acids is 2. The second kappa shape index (κ2) is 12.1. The third-order valence-corrected chi connectivity index (χ3v) is 15.3. The number of terminal acetylenes is 2. The summed E-state index contributed by atoms with van der Waals surface area (Å²) in [7, 11) is 1.73. The number of aliphatic hydroxyl groups is 1. The van der Waals surface area contributed by atoms with Crippen LogP contribution in [0.2, 0.25) is 0 Å². The van der Waals surface area contributed by atoms with Gasteiger partial charge in [0.05, 0.1) is 7.11 Å². The van der Waals surface area contributed by atoms with Gasteiger partial charge in [0, 0.05) is 24.2 Å². The lowest BCUT2D eigenvalue weighted by Gasteiger charge is -2.55. The molecule has 256 valence electrons. The average Bonchev–Trinajstić information content (AvgIpc) is 3.53. The topological polar surface area (TPSA) is 72.8 Å². The van der Waals surface area contributed by atoms with Crippen LogP contribution in [0.25, 0.3) is 0 Å². The molecule has 7 aliphatic rings. The molecular weight excluding hydrogens is 596 g/mol. The van der Waals surface area contributed by atoms with Gasteiger partial charge in [0.2, 0.25) is 0 Å². The van der Waals surface area contributed by atoms with Crippen LogP contribution in [0.1, 0.15) is 121 Å². The lowest BCUT2D eigenvalue weighted by molar-refractivity contribution is -0.167. The van der Waals surface area contributed by atoms with Crippen molar-refractivity contribution in [3.05, 3.63) is 41.0 Å². The van der Waals surface area contributed by atoms with E-state index in [1.807, 2.05) is 6.08 Å². The van der Waals surface area contributed by atoms with Gasteiger partial charge in [-0.2, -0.15) is 0 Å². The van der Waals surface area contributed by atoms with E-state index < -0.39 is 11.2 Å². The second-order valence-electron chi connectivity index (χ2n) is 16.8. The number of allylic oxidation sites excluding steroid dienone is 1. The van der Waals surface area contributed by atoms with Crippen LogP contribution in [0.15, 0.2) is 29.8 Å². The van der Waals surface area contributed by atoms with Gasteiger partial charge in [-0.15, -0.1) is 12.8 Å². The van der Waals surface area contributed by atoms with Gasteiger partial charge in [0.1, 0.15) is 11.4 Å². The monoisotopic (exact) mass is 650 g/mol. The Morgan fingerprint density at radius 3 is 2.29 bits per heavy atom. The quantitative estimate of drug-likeness (QED) is 0.260. The Bertz CT molecular complexity index is 1590. The normalized spacial score (nSPS) is 43.5. The van der Waals surface area contributed by atoms with Gasteiger partial charge < -0.3 is 14.6 Å². The molecule has 1 aromatic carbocycles. The highest BCUT2D eigenvalue weighted by molar-refractivity contribution is 5.91. The van der Waals surface area contributed by atoms with Crippen molar-refractivity contribution in [1.29, 1.82) is 0 Å². The molecule has 0 radical (unpaired) electrons. The number of ether oxygens (including phenoxy) is 2. The molecule has 11 atom stereocenters. The summed E-state index contributed by atoms with van der Waals surface area (Å²) in [6.07, 6.45) is 27.9. The SMILES string of the molecule is C#CC1(O)CC[C@H]2[C@@H]3CCc4cc(OC)ccc4[C@H]3CC[C@@]21C.C#CC1(OC(C)=O)CC[C@H]2[C@@H]3CCC4=CC(=O)CC[C@@H]4[C@H]3CC[C@@]21C. The first-order valence-corrected chi connectivity index (χ1v) is 18.7. The summed E-state index contributed by atoms with van der Waals surface area (Å²) < 4.78 is 11.2. The van der Waals surface area contributed by atoms with Crippen LogP contribution in [0.3, 0.4) is 0 Å². The van der Waals surface area contributed by atoms with Gasteiger partial charge in [0.15, 0.2) is 11.4 Å². The summed E-state index contributed by atoms with van der Waals surface area (Å²) in [6, 6.07) is 6.59. The lowest BCUT2D eigenvalue weighted by Crippen LogP contribution is -2.53. The molecular formula is C43H54O5. The number of hydrogen-bond donors (Lipinski definition) is 1. The molecule has 5 heteroatoms. The Kier molecular flexibility index (Phi) is 8.43. The maximum absolute atomic E-state index is 11.8. The van der Waals surface area contributed by atoms with Crippen LogP contribution >= 0.6 is 0 Å². The van der Waals surface area contributed by atoms with Crippen molar-refractivity contribution >= 4 is 11.8 Å². The van der Waals surface area contributed by atoms with Crippen molar-refractivity contribution in [2.24, 2.45) is 46.3 Å². The minimum atomic E-state index is -0.900. The number of methoxy groups -OCH3 is 1. The van der Waals surface area contributed by atoms with Crippen molar-refractivity contribution in [2.45, 2.75) is 128 Å². The van der Waals surface area contributed by atoms with Gasteiger partial charge in [-0.1, -0.05) is 37.3 Å². The van der Waals surface area contributed by atoms with Crippen molar-refractivity contribution in [1.82, 2.24) is 0 Å². The first-order chi connectivity index (χ1) is 22.9. The first kappa shape index (κ1) is 33.5. The minimum absolute atomic E-state index is 0.104. The number of hydrogen-bond acceptors (Lipinski definition) is 5. The third kappa shape index (κ3) is 4.93. The van der Waals surface area contributed by atoms with Crippen LogP contribution in [-0.2, 0) is 20.7 Å². The third-order valence-electron chi connectivity index (χ3n) is 15.3. The Morgan fingerprint density at radius 2 is 1.56 bits per heavy atom. The second-order valence-corrected chi connectivity index (χ2v) is 16.8. The molecule has 5 fully saturated rings. The summed E-state index contributed by atoms with van der Waals surface area (Å²) in [5.41, 5.74) is 2.53. The van der Waals surface area contributed by atoms with Crippen LogP contribution in [0, 0.1) is 71.0 Å². The highest BCUT2D eigenvalue weighted by Gasteiger charge is 2.64. The van der Waals surface area contributed by atoms with Crippen LogP contribution in [-0.4, -0.2) is 35.2 Å². The standard InChI is InChI=1S/C22H28O3.C21H26O2/c1-4-22(25-14(2)23)12-10-20-19-7-5-15-13-16(24)6-8-17(15)18(19)9-11-21(20,22)3;1-4-21(22)12-10-19-18-7-5-14-13-15(23-3)6-8-16(14)17(18)9-11-20(19,21)2/h1,13,17-20H,5-12H2,2-3H3;1,6,8,13,17-19,22H,5,7,9-12H2,2-3H3/t17-,18+,19+,20-,21-,22?;17-,18-,19+,20+,21?/m01/s1. The number of benzene rings is 1. The van der Waals surface area contributed by atoms with Gasteiger partial charge in [-0.3, -0.25) is 9.59 Å². The van der Waals surface area contributed by atoms with Gasteiger partial charge in [-0.25, -0.2) is 0 Å². The van der Waals surface area contributed by atoms with Gasteiger partial charge in [-0.05, 0) is 154 Å². The van der Waals surface area contributed by atoms with E-state index in [-0.39, 0.29) is 16.8 Å². The van der Waals surface area contributed by atoms with E-state index >= 15 is 0 Å². The van der Waals surface area contributed by atoms with Crippen molar-refractivity contribution in [2.75, 3.05) is 7.11 Å². The number of aryl methyl sites for hydroxylation is 1. The molecule has 0 saturated heterocycles. The number of rotatable bonds is 2. The molecule has 0 spiro atoms. The number of ketones is 1. The van der Waals surface area contributed by atoms with Crippen LogP contribution < -0.4 is 4.74 Å². The summed E-state index contributed by atoms with van der Waals surface area (Å²) in [5.74, 6) is 11.0. The molecule has 0 aliphatic heterocycles. The zero-order chi connectivity index (χ0) is 34.1. The number of esters is 1. The molecule has 5 nitrogen and oxygen atoms in total. The maximum Gasteiger partial charge on any atom is 0.304 e. The van der Waals surface area contributed by atoms with E-state index in [1.165, 1.54) is 30.0 Å². The Morgan fingerprint density at radius 1 is 0.833 bits per heavy atom. The molecule has 0 heterocycles. The van der Waals surface area contributed by atoms with E-state index in [0.717, 1.165) is 82.8 Å². The van der Waals surface area contributed by atoms with E-state index in [9.17, 15) is 14.7 Å². The molecule has 8 rings (SSSR count). The Labute approximate surface area is 288 Å². The minimum Gasteiger partial charge on any atom is -0.497 e. The van der Waals surface area contributed by atoms with Crippen molar-refractivity contribution < 1.29 is 24.2 Å². The molecule has 5 saturated carbocycles. The molecule has 0 aromatic heterocycles. The molecule has 48 heavy (non-hydrogen) atoms. The van der Waals surface area contributed by atoms with Crippen LogP contribution in [0.5, 0.6) is 5.75 Å². The fraction of sp³-hybridized carbons (Fsp3) is 0.674. The molecule has 0 bridgehead atoms. The zero-order valence-corrected chi connectivity index (χ0v) is 29.5. The molecule has 0 amide bonds. The zero-order valence-electron chi connectivity index (χ0n) is 29.5. The fourth-order valence-corrected chi connectivity index (χ4v) is 12.8. The molecule has 1 N–H and O–H groups in total. The van der Waals surface area contributed by atoms with Gasteiger partial charge >= 0.3 is 5.97 Å². The summed E-state index contributed by atoms with van der Waals surface area (Å²) in [6.45, 7) is 5.97. The highest BCUT2D eigenvalue weighted by Crippen LogP contribution is 2.66. The smallest absolute Gasteiger partial charge is 0.304 e. The highest BCUT2D eigenvalue weighted by atomic mass is 16.6. The molecule has 7 aliphatic carbocycles. The first-order valence-electron chi connectivity index (χ1n) is 18.7. The van der Waals surface area contributed by atoms with Crippen LogP contribution in [0.4, 0.5) is 0 Å². The number of fused-ring (bicyclic) bond motifs is 10. The van der Waals surface area contributed by atoms with Gasteiger partial charge in [0.25, 0.3) is 0 Å². The maximum atomic E-state index is 11.8. The Balaban J connectivity index is 0.000000152. The van der Waals surface area contributed by atoms with E-state index in [0.29, 0.717) is 53.6 Å². The van der Waals surface area contributed by atoms with Crippen molar-refractivity contribution in [3.63, 3.8) is 0 Å². The van der Waals surface area contributed by atoms with Crippen molar-refractivity contribution in [3.8, 4) is 30.4 Å². The number of carbonyl (C=O) groups is 2. The largest absolute Gasteiger partial charge is 0.497 e. The fourth-order valence-electron chi connectivity index (χ4n) is 12.8. The summed E-state index contributed by atoms with van der Waals surface area (Å²) in [5, 5.41) is 11.0.